The number of aromatic nitrogens is 2. The van der Waals surface area contributed by atoms with Gasteiger partial charge in [-0.25, -0.2) is 0 Å². The van der Waals surface area contributed by atoms with Crippen LogP contribution in [-0.2, 0) is 0 Å². The fraction of sp³-hybridized carbons (Fsp3) is 0.125. The Bertz CT molecular complexity index is 405. The smallest absolute Gasteiger partial charge is 0.156 e. The van der Waals surface area contributed by atoms with Crippen molar-refractivity contribution in [2.45, 2.75) is 0 Å². The van der Waals surface area contributed by atoms with E-state index >= 15 is 0 Å². The van der Waals surface area contributed by atoms with Crippen molar-refractivity contribution in [1.82, 2.24) is 15.5 Å². The van der Waals surface area contributed by atoms with Gasteiger partial charge in [-0.3, -0.25) is 0 Å². The number of nitrogens with one attached hydrogen (secondary N) is 1. The van der Waals surface area contributed by atoms with Crippen molar-refractivity contribution < 1.29 is 0 Å². The van der Waals surface area contributed by atoms with Crippen LogP contribution in [0.25, 0.3) is 0 Å². The van der Waals surface area contributed by atoms with Gasteiger partial charge >= 0.3 is 0 Å². The van der Waals surface area contributed by atoms with Crippen molar-refractivity contribution in [2.75, 3.05) is 11.6 Å². The van der Waals surface area contributed by atoms with Gasteiger partial charge in [-0.05, 0) is 12.1 Å². The van der Waals surface area contributed by atoms with Gasteiger partial charge < -0.3 is 10.2 Å². The van der Waals surface area contributed by atoms with Crippen molar-refractivity contribution in [3.8, 4) is 6.07 Å². The quantitative estimate of drug-likeness (QED) is 0.740. The standard InChI is InChI=1S/C8H6ClN5/c9-7-1-2-8(13-12-7)14-4-6(3-10)11-5-14/h1-2,4,11H,5H2. The summed E-state index contributed by atoms with van der Waals surface area (Å²) < 4.78 is 0. The van der Waals surface area contributed by atoms with E-state index in [0.717, 1.165) is 0 Å². The molecule has 0 bridgehead atoms. The largest absolute Gasteiger partial charge is 0.358 e. The lowest BCUT2D eigenvalue weighted by Gasteiger charge is -2.11. The summed E-state index contributed by atoms with van der Waals surface area (Å²) in [6.45, 7) is 0.527. The maximum absolute atomic E-state index is 8.61. The summed E-state index contributed by atoms with van der Waals surface area (Å²) >= 11 is 5.60. The number of halogens is 1. The Morgan fingerprint density at radius 1 is 1.50 bits per heavy atom. The first kappa shape index (κ1) is 8.78. The first-order valence-corrected chi connectivity index (χ1v) is 4.29. The second kappa shape index (κ2) is 3.52. The number of rotatable bonds is 1. The first-order chi connectivity index (χ1) is 6.79. The summed E-state index contributed by atoms with van der Waals surface area (Å²) in [6.07, 6.45) is 1.68. The summed E-state index contributed by atoms with van der Waals surface area (Å²) in [4.78, 5) is 1.78. The molecular formula is C8H6ClN5. The van der Waals surface area contributed by atoms with Crippen molar-refractivity contribution in [2.24, 2.45) is 0 Å². The molecule has 2 heterocycles. The van der Waals surface area contributed by atoms with Gasteiger partial charge in [0.05, 0.1) is 6.67 Å². The number of nitrogens with zero attached hydrogens (tertiary/aromatic N) is 4. The zero-order chi connectivity index (χ0) is 9.97. The average molecular weight is 208 g/mol. The molecule has 1 aromatic rings. The molecule has 0 aliphatic carbocycles. The van der Waals surface area contributed by atoms with Gasteiger partial charge in [0.25, 0.3) is 0 Å². The normalized spacial score (nSPS) is 14.6. The maximum atomic E-state index is 8.61. The summed E-state index contributed by atoms with van der Waals surface area (Å²) in [5.41, 5.74) is 0.516. The highest BCUT2D eigenvalue weighted by Crippen LogP contribution is 2.15. The monoisotopic (exact) mass is 207 g/mol. The summed E-state index contributed by atoms with van der Waals surface area (Å²) in [5, 5.41) is 19.4. The molecule has 6 heteroatoms. The Balaban J connectivity index is 2.22. The first-order valence-electron chi connectivity index (χ1n) is 3.91. The minimum absolute atomic E-state index is 0.352. The SMILES string of the molecule is N#CC1=CN(c2ccc(Cl)nn2)CN1. The fourth-order valence-electron chi connectivity index (χ4n) is 1.10. The lowest BCUT2D eigenvalue weighted by atomic mass is 10.5. The minimum Gasteiger partial charge on any atom is -0.358 e. The second-order valence-electron chi connectivity index (χ2n) is 2.67. The van der Waals surface area contributed by atoms with Gasteiger partial charge in [0.2, 0.25) is 0 Å². The van der Waals surface area contributed by atoms with E-state index in [2.05, 4.69) is 15.5 Å². The van der Waals surface area contributed by atoms with E-state index in [1.54, 1.807) is 23.2 Å². The van der Waals surface area contributed by atoms with E-state index in [-0.39, 0.29) is 0 Å². The third kappa shape index (κ3) is 1.60. The number of anilines is 1. The minimum atomic E-state index is 0.352. The lowest BCUT2D eigenvalue weighted by molar-refractivity contribution is 0.854. The molecule has 1 aliphatic rings. The Hall–Kier alpha value is -1.80. The lowest BCUT2D eigenvalue weighted by Crippen LogP contribution is -2.21. The zero-order valence-corrected chi connectivity index (χ0v) is 7.86. The zero-order valence-electron chi connectivity index (χ0n) is 7.11. The van der Waals surface area contributed by atoms with Crippen LogP contribution in [-0.4, -0.2) is 16.9 Å². The van der Waals surface area contributed by atoms with E-state index < -0.39 is 0 Å². The summed E-state index contributed by atoms with van der Waals surface area (Å²) in [7, 11) is 0. The average Bonchev–Trinajstić information content (AvgIpc) is 2.67. The fourth-order valence-corrected chi connectivity index (χ4v) is 1.20. The molecule has 0 fully saturated rings. The highest BCUT2D eigenvalue weighted by atomic mass is 35.5. The summed E-state index contributed by atoms with van der Waals surface area (Å²) in [6, 6.07) is 5.41. The van der Waals surface area contributed by atoms with Crippen LogP contribution in [0.4, 0.5) is 5.82 Å². The molecule has 0 unspecified atom stereocenters. The van der Waals surface area contributed by atoms with Crippen LogP contribution in [0.15, 0.2) is 24.0 Å². The van der Waals surface area contributed by atoms with E-state index in [1.165, 1.54) is 0 Å². The third-order valence-electron chi connectivity index (χ3n) is 1.76. The topological polar surface area (TPSA) is 64.8 Å². The molecule has 1 aliphatic heterocycles. The molecule has 2 rings (SSSR count). The Labute approximate surface area is 85.6 Å². The molecule has 0 saturated carbocycles. The highest BCUT2D eigenvalue weighted by Gasteiger charge is 2.13. The summed E-state index contributed by atoms with van der Waals surface area (Å²) in [5.74, 6) is 0.659. The van der Waals surface area contributed by atoms with E-state index in [1.807, 2.05) is 6.07 Å². The highest BCUT2D eigenvalue weighted by molar-refractivity contribution is 6.29. The van der Waals surface area contributed by atoms with Crippen molar-refractivity contribution >= 4 is 17.4 Å². The molecule has 0 amide bonds. The number of hydrogen-bond acceptors (Lipinski definition) is 5. The molecule has 0 saturated heterocycles. The third-order valence-corrected chi connectivity index (χ3v) is 1.96. The van der Waals surface area contributed by atoms with Gasteiger partial charge in [0.15, 0.2) is 11.0 Å². The molecule has 0 atom stereocenters. The van der Waals surface area contributed by atoms with Crippen LogP contribution in [0.5, 0.6) is 0 Å². The number of nitriles is 1. The van der Waals surface area contributed by atoms with Crippen LogP contribution in [0.2, 0.25) is 5.15 Å². The molecular weight excluding hydrogens is 202 g/mol. The van der Waals surface area contributed by atoms with E-state index in [4.69, 9.17) is 16.9 Å². The van der Waals surface area contributed by atoms with Crippen molar-refractivity contribution in [3.63, 3.8) is 0 Å². The van der Waals surface area contributed by atoms with Gasteiger partial charge in [0.1, 0.15) is 11.8 Å². The van der Waals surface area contributed by atoms with Gasteiger partial charge in [-0.2, -0.15) is 5.26 Å². The molecule has 5 nitrogen and oxygen atoms in total. The molecule has 1 aromatic heterocycles. The van der Waals surface area contributed by atoms with Gasteiger partial charge in [0, 0.05) is 6.20 Å². The molecule has 1 N–H and O–H groups in total. The van der Waals surface area contributed by atoms with Crippen molar-refractivity contribution in [3.05, 3.63) is 29.2 Å². The maximum Gasteiger partial charge on any atom is 0.156 e. The van der Waals surface area contributed by atoms with E-state index in [0.29, 0.717) is 23.3 Å². The van der Waals surface area contributed by atoms with Crippen LogP contribution in [0.1, 0.15) is 0 Å². The van der Waals surface area contributed by atoms with Crippen LogP contribution in [0, 0.1) is 11.3 Å². The predicted octanol–water partition coefficient (Wildman–Crippen LogP) is 0.862. The molecule has 14 heavy (non-hydrogen) atoms. The van der Waals surface area contributed by atoms with Crippen LogP contribution < -0.4 is 10.2 Å². The Morgan fingerprint density at radius 3 is 2.93 bits per heavy atom. The molecule has 0 spiro atoms. The predicted molar refractivity (Wildman–Crippen MR) is 51.2 cm³/mol. The Kier molecular flexibility index (Phi) is 2.21. The molecule has 70 valence electrons. The van der Waals surface area contributed by atoms with Gasteiger partial charge in [-0.1, -0.05) is 11.6 Å². The number of hydrogen-bond donors (Lipinski definition) is 1. The second-order valence-corrected chi connectivity index (χ2v) is 3.06. The molecule has 0 radical (unpaired) electrons. The van der Waals surface area contributed by atoms with Gasteiger partial charge in [-0.15, -0.1) is 10.2 Å². The molecule has 0 aromatic carbocycles. The Morgan fingerprint density at radius 2 is 2.36 bits per heavy atom. The van der Waals surface area contributed by atoms with Crippen LogP contribution >= 0.6 is 11.6 Å². The van der Waals surface area contributed by atoms with E-state index in [9.17, 15) is 0 Å². The van der Waals surface area contributed by atoms with Crippen LogP contribution in [0.3, 0.4) is 0 Å². The van der Waals surface area contributed by atoms with Crippen molar-refractivity contribution in [1.29, 1.82) is 5.26 Å². The number of allylic oxidation sites excluding steroid dienone is 1.